The average Bonchev–Trinajstić information content (AvgIpc) is 3.13. The summed E-state index contributed by atoms with van der Waals surface area (Å²) in [5.41, 5.74) is 3.56. The quantitative estimate of drug-likeness (QED) is 0.342. The molecule has 1 heterocycles. The van der Waals surface area contributed by atoms with Crippen molar-refractivity contribution in [1.29, 1.82) is 0 Å². The molecule has 0 saturated carbocycles. The van der Waals surface area contributed by atoms with Crippen LogP contribution in [0.1, 0.15) is 70.2 Å². The molecule has 0 spiro atoms. The number of rotatable bonds is 13. The first-order valence-corrected chi connectivity index (χ1v) is 12.0. The largest absolute Gasteiger partial charge is 0.493 e. The molecule has 1 amide bonds. The topological polar surface area (TPSA) is 56.2 Å². The number of carbonyl (C=O) groups is 1. The van der Waals surface area contributed by atoms with Crippen LogP contribution in [0.4, 0.5) is 0 Å². The number of unbranched alkanes of at least 4 members (excludes halogenated alkanes) is 3. The highest BCUT2D eigenvalue weighted by atomic mass is 16.5. The Kier molecular flexibility index (Phi) is 9.14. The van der Waals surface area contributed by atoms with Crippen molar-refractivity contribution in [2.45, 2.75) is 71.8 Å². The van der Waals surface area contributed by atoms with Crippen molar-refractivity contribution in [3.05, 3.63) is 59.9 Å². The van der Waals surface area contributed by atoms with Crippen LogP contribution in [0.25, 0.3) is 11.0 Å². The van der Waals surface area contributed by atoms with E-state index in [9.17, 15) is 4.79 Å². The summed E-state index contributed by atoms with van der Waals surface area (Å²) in [6.07, 6.45) is 6.21. The zero-order valence-electron chi connectivity index (χ0n) is 19.8. The van der Waals surface area contributed by atoms with Gasteiger partial charge in [0.25, 0.3) is 0 Å². The van der Waals surface area contributed by atoms with Gasteiger partial charge in [-0.25, -0.2) is 4.98 Å². The van der Waals surface area contributed by atoms with Crippen LogP contribution in [-0.4, -0.2) is 28.6 Å². The maximum absolute atomic E-state index is 11.0. The summed E-state index contributed by atoms with van der Waals surface area (Å²) in [5, 5.41) is 2.87. The molecule has 0 radical (unpaired) electrons. The van der Waals surface area contributed by atoms with E-state index in [1.807, 2.05) is 6.07 Å². The van der Waals surface area contributed by atoms with Crippen molar-refractivity contribution < 1.29 is 9.53 Å². The molecule has 0 saturated heterocycles. The van der Waals surface area contributed by atoms with Gasteiger partial charge < -0.3 is 14.6 Å². The molecule has 2 aromatic carbocycles. The molecule has 172 valence electrons. The van der Waals surface area contributed by atoms with Crippen LogP contribution >= 0.6 is 0 Å². The molecule has 0 aliphatic carbocycles. The van der Waals surface area contributed by atoms with Gasteiger partial charge in [-0.15, -0.1) is 0 Å². The second-order valence-electron chi connectivity index (χ2n) is 8.71. The van der Waals surface area contributed by atoms with Crippen molar-refractivity contribution >= 4 is 16.9 Å². The summed E-state index contributed by atoms with van der Waals surface area (Å²) in [5.74, 6) is 2.68. The Labute approximate surface area is 192 Å². The molecule has 5 heteroatoms. The molecule has 0 aliphatic rings. The van der Waals surface area contributed by atoms with E-state index in [0.29, 0.717) is 5.92 Å². The number of aromatic nitrogens is 2. The molecular weight excluding hydrogens is 398 g/mol. The maximum atomic E-state index is 11.0. The highest BCUT2D eigenvalue weighted by molar-refractivity contribution is 5.75. The molecule has 0 unspecified atom stereocenters. The van der Waals surface area contributed by atoms with Crippen LogP contribution in [-0.2, 0) is 17.8 Å². The number of nitrogens with zero attached hydrogens (tertiary/aromatic N) is 2. The SMILES string of the molecule is CC(=O)NCCCCCc1nc2ccccc2n1CCCCOc1ccccc1C(C)C. The van der Waals surface area contributed by atoms with Crippen molar-refractivity contribution in [3.63, 3.8) is 0 Å². The van der Waals surface area contributed by atoms with Gasteiger partial charge in [0.2, 0.25) is 5.91 Å². The lowest BCUT2D eigenvalue weighted by Crippen LogP contribution is -2.20. The van der Waals surface area contributed by atoms with Gasteiger partial charge in [-0.1, -0.05) is 50.6 Å². The molecule has 3 aromatic rings. The van der Waals surface area contributed by atoms with E-state index in [0.717, 1.165) is 75.3 Å². The third kappa shape index (κ3) is 6.84. The number of amides is 1. The molecule has 1 N–H and O–H groups in total. The minimum atomic E-state index is 0.0449. The average molecular weight is 436 g/mol. The predicted molar refractivity (Wildman–Crippen MR) is 131 cm³/mol. The zero-order chi connectivity index (χ0) is 22.8. The maximum Gasteiger partial charge on any atom is 0.216 e. The van der Waals surface area contributed by atoms with Crippen LogP contribution in [0, 0.1) is 0 Å². The van der Waals surface area contributed by atoms with Gasteiger partial charge in [0.1, 0.15) is 11.6 Å². The van der Waals surface area contributed by atoms with Crippen LogP contribution in [0.3, 0.4) is 0 Å². The third-order valence-corrected chi connectivity index (χ3v) is 5.76. The predicted octanol–water partition coefficient (Wildman–Crippen LogP) is 5.87. The van der Waals surface area contributed by atoms with Crippen molar-refractivity contribution in [3.8, 4) is 5.75 Å². The molecule has 3 rings (SSSR count). The first kappa shape index (κ1) is 23.8. The molecule has 32 heavy (non-hydrogen) atoms. The monoisotopic (exact) mass is 435 g/mol. The fourth-order valence-corrected chi connectivity index (χ4v) is 4.06. The molecule has 0 atom stereocenters. The Balaban J connectivity index is 1.51. The minimum absolute atomic E-state index is 0.0449. The number of para-hydroxylation sites is 3. The lowest BCUT2D eigenvalue weighted by molar-refractivity contribution is -0.118. The van der Waals surface area contributed by atoms with Gasteiger partial charge in [0, 0.05) is 26.4 Å². The summed E-state index contributed by atoms with van der Waals surface area (Å²) in [6, 6.07) is 16.7. The summed E-state index contributed by atoms with van der Waals surface area (Å²) in [6.45, 7) is 8.41. The van der Waals surface area contributed by atoms with Gasteiger partial charge in [-0.3, -0.25) is 4.79 Å². The van der Waals surface area contributed by atoms with Crippen LogP contribution < -0.4 is 10.1 Å². The van der Waals surface area contributed by atoms with E-state index in [2.05, 4.69) is 66.2 Å². The van der Waals surface area contributed by atoms with E-state index >= 15 is 0 Å². The van der Waals surface area contributed by atoms with E-state index in [4.69, 9.17) is 9.72 Å². The van der Waals surface area contributed by atoms with Crippen molar-refractivity contribution in [2.24, 2.45) is 0 Å². The standard InChI is InChI=1S/C27H37N3O2/c1-21(2)23-13-6-9-16-26(23)32-20-12-11-19-30-25-15-8-7-14-24(25)29-27(30)17-5-4-10-18-28-22(3)31/h6-9,13-16,21H,4-5,10-12,17-20H2,1-3H3,(H,28,31). The van der Waals surface area contributed by atoms with Crippen molar-refractivity contribution in [1.82, 2.24) is 14.9 Å². The van der Waals surface area contributed by atoms with Crippen molar-refractivity contribution in [2.75, 3.05) is 13.2 Å². The Morgan fingerprint density at radius 1 is 1.00 bits per heavy atom. The molecule has 0 aliphatic heterocycles. The molecule has 0 fully saturated rings. The lowest BCUT2D eigenvalue weighted by Gasteiger charge is -2.14. The number of aryl methyl sites for hydroxylation is 2. The van der Waals surface area contributed by atoms with Crippen LogP contribution in [0.2, 0.25) is 0 Å². The molecular formula is C27H37N3O2. The highest BCUT2D eigenvalue weighted by Gasteiger charge is 2.11. The lowest BCUT2D eigenvalue weighted by atomic mass is 10.0. The Hall–Kier alpha value is -2.82. The molecule has 5 nitrogen and oxygen atoms in total. The summed E-state index contributed by atoms with van der Waals surface area (Å²) < 4.78 is 8.48. The first-order chi connectivity index (χ1) is 15.6. The van der Waals surface area contributed by atoms with Gasteiger partial charge >= 0.3 is 0 Å². The normalized spacial score (nSPS) is 11.2. The Morgan fingerprint density at radius 3 is 2.59 bits per heavy atom. The Bertz CT molecular complexity index is 993. The number of ether oxygens (including phenoxy) is 1. The highest BCUT2D eigenvalue weighted by Crippen LogP contribution is 2.26. The summed E-state index contributed by atoms with van der Waals surface area (Å²) >= 11 is 0. The van der Waals surface area contributed by atoms with Crippen LogP contribution in [0.5, 0.6) is 5.75 Å². The number of fused-ring (bicyclic) bond motifs is 1. The fourth-order valence-electron chi connectivity index (χ4n) is 4.06. The smallest absolute Gasteiger partial charge is 0.216 e. The second-order valence-corrected chi connectivity index (χ2v) is 8.71. The van der Waals surface area contributed by atoms with Gasteiger partial charge in [-0.2, -0.15) is 0 Å². The van der Waals surface area contributed by atoms with E-state index in [-0.39, 0.29) is 5.91 Å². The van der Waals surface area contributed by atoms with Gasteiger partial charge in [0.15, 0.2) is 0 Å². The number of nitrogens with one attached hydrogen (secondary N) is 1. The second kappa shape index (κ2) is 12.3. The van der Waals surface area contributed by atoms with Gasteiger partial charge in [-0.05, 0) is 55.4 Å². The summed E-state index contributed by atoms with van der Waals surface area (Å²) in [4.78, 5) is 15.9. The van der Waals surface area contributed by atoms with E-state index in [1.165, 1.54) is 11.1 Å². The number of imidazole rings is 1. The number of benzene rings is 2. The van der Waals surface area contributed by atoms with Gasteiger partial charge in [0.05, 0.1) is 17.6 Å². The zero-order valence-corrected chi connectivity index (χ0v) is 19.8. The van der Waals surface area contributed by atoms with E-state index < -0.39 is 0 Å². The molecule has 0 bridgehead atoms. The Morgan fingerprint density at radius 2 is 1.78 bits per heavy atom. The van der Waals surface area contributed by atoms with Crippen LogP contribution in [0.15, 0.2) is 48.5 Å². The summed E-state index contributed by atoms with van der Waals surface area (Å²) in [7, 11) is 0. The minimum Gasteiger partial charge on any atom is -0.493 e. The van der Waals surface area contributed by atoms with E-state index in [1.54, 1.807) is 6.92 Å². The number of hydrogen-bond donors (Lipinski definition) is 1. The first-order valence-electron chi connectivity index (χ1n) is 12.0. The fraction of sp³-hybridized carbons (Fsp3) is 0.481. The number of carbonyl (C=O) groups excluding carboxylic acids is 1. The number of hydrogen-bond acceptors (Lipinski definition) is 3. The molecule has 1 aromatic heterocycles. The third-order valence-electron chi connectivity index (χ3n) is 5.76.